The first-order valence-electron chi connectivity index (χ1n) is 9.90. The van der Waals surface area contributed by atoms with Gasteiger partial charge >= 0.3 is 0 Å². The fraction of sp³-hybridized carbons (Fsp3) is 0.632. The smallest absolute Gasteiger partial charge is 0.277 e. The number of amides is 2. The van der Waals surface area contributed by atoms with Crippen molar-refractivity contribution in [1.82, 2.24) is 35.0 Å². The first-order valence-corrected chi connectivity index (χ1v) is 9.90. The van der Waals surface area contributed by atoms with Crippen LogP contribution in [0.2, 0.25) is 0 Å². The zero-order valence-electron chi connectivity index (χ0n) is 17.3. The lowest BCUT2D eigenvalue weighted by Gasteiger charge is -2.26. The molecule has 0 saturated carbocycles. The lowest BCUT2D eigenvalue weighted by Crippen LogP contribution is -2.46. The summed E-state index contributed by atoms with van der Waals surface area (Å²) < 4.78 is 3.46. The topological polar surface area (TPSA) is 97.9 Å². The van der Waals surface area contributed by atoms with Gasteiger partial charge in [-0.2, -0.15) is 5.10 Å². The van der Waals surface area contributed by atoms with Gasteiger partial charge in [0.1, 0.15) is 0 Å². The van der Waals surface area contributed by atoms with Crippen LogP contribution in [-0.4, -0.2) is 54.1 Å². The Morgan fingerprint density at radius 3 is 2.75 bits per heavy atom. The summed E-state index contributed by atoms with van der Waals surface area (Å²) in [5, 5.41) is 15.5. The van der Waals surface area contributed by atoms with E-state index < -0.39 is 0 Å². The molecular formula is C19H29N7O2. The predicted molar refractivity (Wildman–Crippen MR) is 104 cm³/mol. The van der Waals surface area contributed by atoms with Gasteiger partial charge in [-0.1, -0.05) is 19.1 Å². The molecule has 9 nitrogen and oxygen atoms in total. The van der Waals surface area contributed by atoms with Crippen LogP contribution in [0.4, 0.5) is 0 Å². The molecule has 0 fully saturated rings. The minimum atomic E-state index is -0.287. The SMILES string of the molecule is CCN(Cc1cnn(CC)c1C)C(=O)c1nnn2c1C(=O)NC(CC(C)C)C2. The average molecular weight is 387 g/mol. The molecule has 0 aliphatic carbocycles. The van der Waals surface area contributed by atoms with Crippen molar-refractivity contribution in [3.05, 3.63) is 28.8 Å². The van der Waals surface area contributed by atoms with E-state index in [0.29, 0.717) is 25.6 Å². The van der Waals surface area contributed by atoms with Crippen LogP contribution >= 0.6 is 0 Å². The summed E-state index contributed by atoms with van der Waals surface area (Å²) in [6, 6.07) is 0.00876. The summed E-state index contributed by atoms with van der Waals surface area (Å²) in [5.41, 5.74) is 2.39. The minimum absolute atomic E-state index is 0.00876. The van der Waals surface area contributed by atoms with Crippen LogP contribution in [0, 0.1) is 12.8 Å². The second-order valence-electron chi connectivity index (χ2n) is 7.66. The number of aryl methyl sites for hydroxylation is 1. The number of aromatic nitrogens is 5. The van der Waals surface area contributed by atoms with Gasteiger partial charge in [0, 0.05) is 36.9 Å². The lowest BCUT2D eigenvalue weighted by atomic mass is 10.0. The number of carbonyl (C=O) groups is 2. The Morgan fingerprint density at radius 2 is 2.14 bits per heavy atom. The first-order chi connectivity index (χ1) is 13.3. The molecular weight excluding hydrogens is 358 g/mol. The van der Waals surface area contributed by atoms with Crippen molar-refractivity contribution in [2.45, 2.75) is 66.7 Å². The fourth-order valence-corrected chi connectivity index (χ4v) is 3.66. The molecule has 2 aromatic rings. The summed E-state index contributed by atoms with van der Waals surface area (Å²) >= 11 is 0. The van der Waals surface area contributed by atoms with Gasteiger partial charge in [-0.15, -0.1) is 5.10 Å². The highest BCUT2D eigenvalue weighted by Crippen LogP contribution is 2.19. The number of fused-ring (bicyclic) bond motifs is 1. The maximum atomic E-state index is 13.1. The summed E-state index contributed by atoms with van der Waals surface area (Å²) in [5.74, 6) is -0.111. The second kappa shape index (κ2) is 8.12. The molecule has 2 amide bonds. The van der Waals surface area contributed by atoms with E-state index in [2.05, 4.69) is 34.6 Å². The molecule has 0 spiro atoms. The normalized spacial score (nSPS) is 16.2. The van der Waals surface area contributed by atoms with Crippen LogP contribution in [-0.2, 0) is 19.6 Å². The third-order valence-electron chi connectivity index (χ3n) is 5.17. The molecule has 1 atom stereocenters. The Morgan fingerprint density at radius 1 is 1.39 bits per heavy atom. The van der Waals surface area contributed by atoms with Gasteiger partial charge in [0.25, 0.3) is 11.8 Å². The molecule has 9 heteroatoms. The Hall–Kier alpha value is -2.71. The molecule has 0 aromatic carbocycles. The van der Waals surface area contributed by atoms with Crippen molar-refractivity contribution < 1.29 is 9.59 Å². The monoisotopic (exact) mass is 387 g/mol. The van der Waals surface area contributed by atoms with Crippen LogP contribution in [0.3, 0.4) is 0 Å². The molecule has 0 radical (unpaired) electrons. The zero-order chi connectivity index (χ0) is 20.4. The maximum Gasteiger partial charge on any atom is 0.277 e. The van der Waals surface area contributed by atoms with Crippen LogP contribution in [0.5, 0.6) is 0 Å². The highest BCUT2D eigenvalue weighted by atomic mass is 16.2. The minimum Gasteiger partial charge on any atom is -0.346 e. The zero-order valence-corrected chi connectivity index (χ0v) is 17.3. The number of nitrogens with one attached hydrogen (secondary N) is 1. The third-order valence-corrected chi connectivity index (χ3v) is 5.17. The average Bonchev–Trinajstić information content (AvgIpc) is 3.22. The molecule has 1 aliphatic rings. The third kappa shape index (κ3) is 3.79. The van der Waals surface area contributed by atoms with Gasteiger partial charge in [0.05, 0.1) is 12.7 Å². The number of nitrogens with zero attached hydrogens (tertiary/aromatic N) is 6. The first kappa shape index (κ1) is 20.0. The van der Waals surface area contributed by atoms with E-state index in [-0.39, 0.29) is 29.2 Å². The molecule has 1 unspecified atom stereocenters. The molecule has 3 rings (SSSR count). The van der Waals surface area contributed by atoms with Crippen LogP contribution in [0.25, 0.3) is 0 Å². The Labute approximate surface area is 165 Å². The van der Waals surface area contributed by atoms with Crippen molar-refractivity contribution in [3.63, 3.8) is 0 Å². The van der Waals surface area contributed by atoms with Gasteiger partial charge in [-0.25, -0.2) is 4.68 Å². The van der Waals surface area contributed by atoms with Crippen LogP contribution in [0.15, 0.2) is 6.20 Å². The fourth-order valence-electron chi connectivity index (χ4n) is 3.66. The van der Waals surface area contributed by atoms with E-state index in [9.17, 15) is 9.59 Å². The summed E-state index contributed by atoms with van der Waals surface area (Å²) in [6.07, 6.45) is 2.65. The standard InChI is InChI=1S/C19H29N7O2/c1-6-24(10-14-9-20-25(7-2)13(14)5)19(28)16-17-18(27)21-15(8-12(3)4)11-26(17)23-22-16/h9,12,15H,6-8,10-11H2,1-5H3,(H,21,27). The molecule has 1 aliphatic heterocycles. The highest BCUT2D eigenvalue weighted by molar-refractivity contribution is 6.05. The van der Waals surface area contributed by atoms with Gasteiger partial charge in [-0.3, -0.25) is 14.3 Å². The van der Waals surface area contributed by atoms with Crippen molar-refractivity contribution in [3.8, 4) is 0 Å². The predicted octanol–water partition coefficient (Wildman–Crippen LogP) is 1.62. The van der Waals surface area contributed by atoms with E-state index in [1.807, 2.05) is 25.5 Å². The Kier molecular flexibility index (Phi) is 5.81. The molecule has 152 valence electrons. The van der Waals surface area contributed by atoms with Crippen molar-refractivity contribution in [2.24, 2.45) is 5.92 Å². The summed E-state index contributed by atoms with van der Waals surface area (Å²) in [7, 11) is 0. The molecule has 0 bridgehead atoms. The van der Waals surface area contributed by atoms with Crippen LogP contribution < -0.4 is 5.32 Å². The quantitative estimate of drug-likeness (QED) is 0.779. The maximum absolute atomic E-state index is 13.1. The molecule has 2 aromatic heterocycles. The van der Waals surface area contributed by atoms with E-state index >= 15 is 0 Å². The molecule has 28 heavy (non-hydrogen) atoms. The summed E-state index contributed by atoms with van der Waals surface area (Å²) in [4.78, 5) is 27.4. The van der Waals surface area contributed by atoms with Gasteiger partial charge in [-0.05, 0) is 33.1 Å². The van der Waals surface area contributed by atoms with Gasteiger partial charge in [0.15, 0.2) is 11.4 Å². The van der Waals surface area contributed by atoms with Gasteiger partial charge < -0.3 is 10.2 Å². The van der Waals surface area contributed by atoms with E-state index in [1.54, 1.807) is 15.8 Å². The van der Waals surface area contributed by atoms with E-state index in [1.165, 1.54) is 0 Å². The number of carbonyl (C=O) groups excluding carboxylic acids is 2. The Balaban J connectivity index is 1.81. The van der Waals surface area contributed by atoms with Crippen molar-refractivity contribution in [2.75, 3.05) is 6.54 Å². The van der Waals surface area contributed by atoms with Gasteiger partial charge in [0.2, 0.25) is 0 Å². The molecule has 1 N–H and O–H groups in total. The largest absolute Gasteiger partial charge is 0.346 e. The van der Waals surface area contributed by atoms with Crippen molar-refractivity contribution in [1.29, 1.82) is 0 Å². The number of rotatable bonds is 7. The number of hydrogen-bond donors (Lipinski definition) is 1. The van der Waals surface area contributed by atoms with E-state index in [0.717, 1.165) is 24.2 Å². The second-order valence-corrected chi connectivity index (χ2v) is 7.66. The molecule has 3 heterocycles. The Bertz CT molecular complexity index is 868. The van der Waals surface area contributed by atoms with E-state index in [4.69, 9.17) is 0 Å². The molecule has 0 saturated heterocycles. The lowest BCUT2D eigenvalue weighted by molar-refractivity contribution is 0.0736. The van der Waals surface area contributed by atoms with Crippen LogP contribution in [0.1, 0.15) is 66.4 Å². The number of hydrogen-bond acceptors (Lipinski definition) is 5. The van der Waals surface area contributed by atoms with Crippen molar-refractivity contribution >= 4 is 11.8 Å². The highest BCUT2D eigenvalue weighted by Gasteiger charge is 2.33. The summed E-state index contributed by atoms with van der Waals surface area (Å²) in [6.45, 7) is 12.4.